The lowest BCUT2D eigenvalue weighted by atomic mass is 10.1. The molecule has 1 atom stereocenters. The van der Waals surface area contributed by atoms with E-state index in [0.717, 1.165) is 17.4 Å². The van der Waals surface area contributed by atoms with Gasteiger partial charge in [-0.15, -0.1) is 11.3 Å². The maximum Gasteiger partial charge on any atom is 0.134 e. The van der Waals surface area contributed by atoms with E-state index in [2.05, 4.69) is 12.2 Å². The van der Waals surface area contributed by atoms with Crippen molar-refractivity contribution in [1.82, 2.24) is 5.32 Å². The summed E-state index contributed by atoms with van der Waals surface area (Å²) in [6.45, 7) is 2.10. The Morgan fingerprint density at radius 3 is 2.61 bits per heavy atom. The summed E-state index contributed by atoms with van der Waals surface area (Å²) in [6.07, 6.45) is 0.975. The van der Waals surface area contributed by atoms with Crippen LogP contribution < -0.4 is 5.32 Å². The van der Waals surface area contributed by atoms with Crippen LogP contribution in [0.3, 0.4) is 0 Å². The van der Waals surface area contributed by atoms with Crippen LogP contribution >= 0.6 is 11.3 Å². The van der Waals surface area contributed by atoms with Gasteiger partial charge in [-0.3, -0.25) is 0 Å². The van der Waals surface area contributed by atoms with Gasteiger partial charge in [0.1, 0.15) is 11.6 Å². The Balaban J connectivity index is 2.34. The van der Waals surface area contributed by atoms with Gasteiger partial charge in [0.05, 0.1) is 0 Å². The Labute approximate surface area is 109 Å². The minimum absolute atomic E-state index is 0.284. The molecule has 0 aliphatic heterocycles. The van der Waals surface area contributed by atoms with Crippen LogP contribution in [0.2, 0.25) is 0 Å². The van der Waals surface area contributed by atoms with Crippen LogP contribution in [-0.2, 0) is 0 Å². The Bertz CT molecular complexity index is 532. The molecule has 1 N–H and O–H groups in total. The Hall–Kier alpha value is -1.26. The molecule has 0 aliphatic carbocycles. The molecule has 0 aliphatic rings. The summed E-state index contributed by atoms with van der Waals surface area (Å²) in [7, 11) is 1.91. The summed E-state index contributed by atoms with van der Waals surface area (Å²) in [4.78, 5) is 2.00. The largest absolute Gasteiger partial charge is 0.312 e. The van der Waals surface area contributed by atoms with Gasteiger partial charge in [0, 0.05) is 27.4 Å². The Morgan fingerprint density at radius 2 is 2.00 bits per heavy atom. The highest BCUT2D eigenvalue weighted by molar-refractivity contribution is 7.15. The lowest BCUT2D eigenvalue weighted by Gasteiger charge is -2.10. The van der Waals surface area contributed by atoms with Crippen molar-refractivity contribution in [1.29, 1.82) is 0 Å². The van der Waals surface area contributed by atoms with Crippen LogP contribution in [0.25, 0.3) is 10.4 Å². The second-order valence-electron chi connectivity index (χ2n) is 4.08. The van der Waals surface area contributed by atoms with Crippen molar-refractivity contribution >= 4 is 11.3 Å². The summed E-state index contributed by atoms with van der Waals surface area (Å²) >= 11 is 1.54. The van der Waals surface area contributed by atoms with Gasteiger partial charge in [-0.05, 0) is 37.7 Å². The average molecular weight is 267 g/mol. The smallest absolute Gasteiger partial charge is 0.134 e. The fourth-order valence-electron chi connectivity index (χ4n) is 1.92. The highest BCUT2D eigenvalue weighted by atomic mass is 32.1. The number of hydrogen-bond donors (Lipinski definition) is 1. The van der Waals surface area contributed by atoms with Gasteiger partial charge in [-0.25, -0.2) is 8.78 Å². The summed E-state index contributed by atoms with van der Waals surface area (Å²) in [5.41, 5.74) is 0.457. The molecule has 2 rings (SSSR count). The first-order valence-corrected chi connectivity index (χ1v) is 6.69. The van der Waals surface area contributed by atoms with E-state index in [1.54, 1.807) is 0 Å². The van der Waals surface area contributed by atoms with Crippen molar-refractivity contribution in [3.63, 3.8) is 0 Å². The van der Waals surface area contributed by atoms with Crippen molar-refractivity contribution in [3.8, 4) is 10.4 Å². The van der Waals surface area contributed by atoms with E-state index in [-0.39, 0.29) is 6.04 Å². The third kappa shape index (κ3) is 2.60. The maximum atomic E-state index is 13.7. The SMILES string of the molecule is CCC(NC)c1ccc(-c2ccc(F)cc2F)s1. The van der Waals surface area contributed by atoms with E-state index in [1.165, 1.54) is 28.3 Å². The second kappa shape index (κ2) is 5.59. The van der Waals surface area contributed by atoms with E-state index < -0.39 is 11.6 Å². The van der Waals surface area contributed by atoms with Crippen molar-refractivity contribution in [2.45, 2.75) is 19.4 Å². The van der Waals surface area contributed by atoms with Crippen molar-refractivity contribution in [2.24, 2.45) is 0 Å². The number of hydrogen-bond acceptors (Lipinski definition) is 2. The van der Waals surface area contributed by atoms with Crippen LogP contribution in [0.15, 0.2) is 30.3 Å². The first-order chi connectivity index (χ1) is 8.65. The van der Waals surface area contributed by atoms with Gasteiger partial charge in [0.25, 0.3) is 0 Å². The van der Waals surface area contributed by atoms with Crippen LogP contribution in [0.1, 0.15) is 24.3 Å². The topological polar surface area (TPSA) is 12.0 Å². The third-order valence-corrected chi connectivity index (χ3v) is 4.16. The second-order valence-corrected chi connectivity index (χ2v) is 5.19. The molecular formula is C14H15F2NS. The molecule has 0 saturated heterocycles. The third-order valence-electron chi connectivity index (χ3n) is 2.92. The van der Waals surface area contributed by atoms with Crippen LogP contribution in [0.5, 0.6) is 0 Å². The van der Waals surface area contributed by atoms with Gasteiger partial charge in [-0.2, -0.15) is 0 Å². The van der Waals surface area contributed by atoms with Gasteiger partial charge in [-0.1, -0.05) is 6.92 Å². The van der Waals surface area contributed by atoms with E-state index in [9.17, 15) is 8.78 Å². The molecule has 0 fully saturated rings. The van der Waals surface area contributed by atoms with Gasteiger partial charge >= 0.3 is 0 Å². The summed E-state index contributed by atoms with van der Waals surface area (Å²) in [6, 6.07) is 7.86. The van der Waals surface area contributed by atoms with E-state index in [0.29, 0.717) is 5.56 Å². The molecule has 0 amide bonds. The van der Waals surface area contributed by atoms with Crippen molar-refractivity contribution in [3.05, 3.63) is 46.8 Å². The van der Waals surface area contributed by atoms with E-state index in [4.69, 9.17) is 0 Å². The average Bonchev–Trinajstić information content (AvgIpc) is 2.80. The van der Waals surface area contributed by atoms with Crippen LogP contribution in [0.4, 0.5) is 8.78 Å². The summed E-state index contributed by atoms with van der Waals surface area (Å²) in [5.74, 6) is -1.06. The Kier molecular flexibility index (Phi) is 4.09. The molecule has 2 aromatic rings. The molecule has 4 heteroatoms. The molecule has 1 unspecified atom stereocenters. The number of halogens is 2. The molecule has 0 bridgehead atoms. The standard InChI is InChI=1S/C14H15F2NS/c1-3-12(17-2)14-7-6-13(18-14)10-5-4-9(15)8-11(10)16/h4-8,12,17H,3H2,1-2H3. The minimum Gasteiger partial charge on any atom is -0.312 e. The van der Waals surface area contributed by atoms with Crippen LogP contribution in [-0.4, -0.2) is 7.05 Å². The molecule has 0 spiro atoms. The first-order valence-electron chi connectivity index (χ1n) is 5.88. The summed E-state index contributed by atoms with van der Waals surface area (Å²) in [5, 5.41) is 3.21. The van der Waals surface area contributed by atoms with E-state index in [1.807, 2.05) is 19.2 Å². The molecule has 0 radical (unpaired) electrons. The van der Waals surface area contributed by atoms with Gasteiger partial charge < -0.3 is 5.32 Å². The maximum absolute atomic E-state index is 13.7. The fraction of sp³-hybridized carbons (Fsp3) is 0.286. The molecule has 1 nitrogen and oxygen atoms in total. The normalized spacial score (nSPS) is 12.7. The zero-order valence-electron chi connectivity index (χ0n) is 10.3. The predicted octanol–water partition coefficient (Wildman–Crippen LogP) is 4.36. The monoisotopic (exact) mass is 267 g/mol. The number of benzene rings is 1. The number of thiophene rings is 1. The lowest BCUT2D eigenvalue weighted by Crippen LogP contribution is -2.13. The number of rotatable bonds is 4. The fourth-order valence-corrected chi connectivity index (χ4v) is 3.15. The highest BCUT2D eigenvalue weighted by Crippen LogP contribution is 2.33. The zero-order chi connectivity index (χ0) is 13.1. The van der Waals surface area contributed by atoms with Crippen molar-refractivity contribution < 1.29 is 8.78 Å². The molecule has 1 aromatic carbocycles. The molecule has 0 saturated carbocycles. The number of nitrogens with one attached hydrogen (secondary N) is 1. The molecule has 1 aromatic heterocycles. The molecular weight excluding hydrogens is 252 g/mol. The first kappa shape index (κ1) is 13.2. The minimum atomic E-state index is -0.547. The van der Waals surface area contributed by atoms with Crippen LogP contribution in [0, 0.1) is 11.6 Å². The molecule has 18 heavy (non-hydrogen) atoms. The Morgan fingerprint density at radius 1 is 1.22 bits per heavy atom. The molecule has 1 heterocycles. The van der Waals surface area contributed by atoms with Crippen molar-refractivity contribution in [2.75, 3.05) is 7.05 Å². The summed E-state index contributed by atoms with van der Waals surface area (Å²) < 4.78 is 26.5. The van der Waals surface area contributed by atoms with Gasteiger partial charge in [0.2, 0.25) is 0 Å². The van der Waals surface area contributed by atoms with E-state index >= 15 is 0 Å². The zero-order valence-corrected chi connectivity index (χ0v) is 11.2. The predicted molar refractivity (Wildman–Crippen MR) is 71.8 cm³/mol. The molecule has 96 valence electrons. The highest BCUT2D eigenvalue weighted by Gasteiger charge is 2.13. The quantitative estimate of drug-likeness (QED) is 0.867. The lowest BCUT2D eigenvalue weighted by molar-refractivity contribution is 0.586. The van der Waals surface area contributed by atoms with Gasteiger partial charge in [0.15, 0.2) is 0 Å².